The van der Waals surface area contributed by atoms with Gasteiger partial charge in [-0.25, -0.2) is 24.9 Å². The van der Waals surface area contributed by atoms with Crippen LogP contribution in [0.15, 0.2) is 192 Å². The molecule has 2 aliphatic carbocycles. The van der Waals surface area contributed by atoms with Crippen molar-refractivity contribution < 1.29 is 0 Å². The maximum atomic E-state index is 5.39. The van der Waals surface area contributed by atoms with Gasteiger partial charge in [0.2, 0.25) is 0 Å². The van der Waals surface area contributed by atoms with E-state index in [0.717, 1.165) is 61.5 Å². The largest absolute Gasteiger partial charge is 0.333 e. The lowest BCUT2D eigenvalue weighted by Crippen LogP contribution is -2.35. The summed E-state index contributed by atoms with van der Waals surface area (Å²) in [5, 5.41) is 0. The molecule has 288 valence electrons. The molecule has 3 aliphatic rings. The first-order chi connectivity index (χ1) is 30.6. The van der Waals surface area contributed by atoms with Gasteiger partial charge in [0.05, 0.1) is 11.0 Å². The van der Waals surface area contributed by atoms with Gasteiger partial charge in [-0.05, 0) is 74.8 Å². The Balaban J connectivity index is 1.08. The molecule has 6 heteroatoms. The van der Waals surface area contributed by atoms with Gasteiger partial charge in [0.15, 0.2) is 23.3 Å². The summed E-state index contributed by atoms with van der Waals surface area (Å²) in [7, 11) is 2.07. The van der Waals surface area contributed by atoms with E-state index in [-0.39, 0.29) is 6.17 Å². The lowest BCUT2D eigenvalue weighted by molar-refractivity contribution is 0.383. The molecule has 0 fully saturated rings. The highest BCUT2D eigenvalue weighted by Gasteiger charge is 2.52. The lowest BCUT2D eigenvalue weighted by Gasteiger charge is -2.33. The van der Waals surface area contributed by atoms with Crippen LogP contribution in [0.1, 0.15) is 45.1 Å². The molecular weight excluding hydrogens is 757 g/mol. The molecule has 1 atom stereocenters. The van der Waals surface area contributed by atoms with E-state index in [2.05, 4.69) is 158 Å². The second-order valence-electron chi connectivity index (χ2n) is 15.7. The van der Waals surface area contributed by atoms with E-state index in [9.17, 15) is 0 Å². The third-order valence-corrected chi connectivity index (χ3v) is 12.3. The molecule has 0 saturated heterocycles. The standard InChI is InChI=1S/C56H34N6/c1-62-54(38-22-10-4-11-23-38)60-53(61-55(62)39-24-12-5-13-25-39)41-31-33-45-44-32-30-40(52-58-50(36-18-6-2-7-19-36)57-51(59-52)37-20-8-3-9-21-37)34-48(44)56(49(45)35-41)46-28-16-14-26-42(46)43-27-15-17-29-47(43)56/h2,4-8,10-29,31,33-35,54H,1H3. The molecule has 8 aromatic carbocycles. The van der Waals surface area contributed by atoms with Gasteiger partial charge in [0.1, 0.15) is 12.0 Å². The Hall–Kier alpha value is -8.45. The second-order valence-corrected chi connectivity index (χ2v) is 15.7. The van der Waals surface area contributed by atoms with Crippen molar-refractivity contribution >= 4 is 11.7 Å². The van der Waals surface area contributed by atoms with Crippen LogP contribution in [0, 0.1) is 24.3 Å². The number of rotatable bonds is 6. The maximum Gasteiger partial charge on any atom is 0.172 e. The van der Waals surface area contributed by atoms with Gasteiger partial charge in [-0.1, -0.05) is 176 Å². The predicted octanol–water partition coefficient (Wildman–Crippen LogP) is 11.3. The Morgan fingerprint density at radius 3 is 1.82 bits per heavy atom. The molecule has 9 aromatic rings. The molecule has 1 spiro atoms. The Kier molecular flexibility index (Phi) is 8.07. The summed E-state index contributed by atoms with van der Waals surface area (Å²) in [4.78, 5) is 28.0. The van der Waals surface area contributed by atoms with Gasteiger partial charge in [0, 0.05) is 34.9 Å². The van der Waals surface area contributed by atoms with Gasteiger partial charge in [-0.3, -0.25) is 0 Å². The van der Waals surface area contributed by atoms with E-state index < -0.39 is 5.41 Å². The summed E-state index contributed by atoms with van der Waals surface area (Å²) in [5.41, 5.74) is 14.0. The molecule has 62 heavy (non-hydrogen) atoms. The van der Waals surface area contributed by atoms with Crippen LogP contribution in [0.5, 0.6) is 0 Å². The highest BCUT2D eigenvalue weighted by atomic mass is 15.3. The smallest absolute Gasteiger partial charge is 0.172 e. The first kappa shape index (κ1) is 35.5. The van der Waals surface area contributed by atoms with Gasteiger partial charge in [-0.2, -0.15) is 0 Å². The third kappa shape index (κ3) is 5.44. The minimum atomic E-state index is -0.687. The van der Waals surface area contributed by atoms with Crippen LogP contribution in [0.2, 0.25) is 0 Å². The number of hydrogen-bond acceptors (Lipinski definition) is 6. The monoisotopic (exact) mass is 790 g/mol. The van der Waals surface area contributed by atoms with Crippen molar-refractivity contribution in [1.82, 2.24) is 19.9 Å². The van der Waals surface area contributed by atoms with Crippen LogP contribution in [0.3, 0.4) is 0 Å². The number of aliphatic imine (C=N–C) groups is 2. The second kappa shape index (κ2) is 14.1. The normalized spacial score (nSPS) is 15.0. The van der Waals surface area contributed by atoms with Crippen LogP contribution in [-0.2, 0) is 5.41 Å². The molecule has 6 nitrogen and oxygen atoms in total. The molecule has 0 bridgehead atoms. The maximum absolute atomic E-state index is 5.39. The number of benzene rings is 6. The third-order valence-electron chi connectivity index (χ3n) is 12.3. The average Bonchev–Trinajstić information content (AvgIpc) is 3.81. The Morgan fingerprint density at radius 2 is 1.13 bits per heavy atom. The van der Waals surface area contributed by atoms with Crippen LogP contribution < -0.4 is 0 Å². The van der Waals surface area contributed by atoms with Crippen LogP contribution in [0.4, 0.5) is 0 Å². The van der Waals surface area contributed by atoms with E-state index in [0.29, 0.717) is 23.3 Å². The van der Waals surface area contributed by atoms with Crippen LogP contribution in [-0.4, -0.2) is 38.6 Å². The molecule has 0 amide bonds. The van der Waals surface area contributed by atoms with E-state index >= 15 is 0 Å². The Labute approximate surface area is 360 Å². The zero-order chi connectivity index (χ0) is 41.2. The molecular formula is C56H34N6. The van der Waals surface area contributed by atoms with Crippen molar-refractivity contribution in [3.63, 3.8) is 0 Å². The zero-order valence-electron chi connectivity index (χ0n) is 33.6. The van der Waals surface area contributed by atoms with Crippen molar-refractivity contribution in [2.24, 2.45) is 9.98 Å². The molecule has 0 saturated carbocycles. The minimum Gasteiger partial charge on any atom is -0.333 e. The summed E-state index contributed by atoms with van der Waals surface area (Å²) in [6, 6.07) is 76.2. The van der Waals surface area contributed by atoms with Crippen molar-refractivity contribution in [2.75, 3.05) is 7.05 Å². The minimum absolute atomic E-state index is 0.269. The topological polar surface area (TPSA) is 66.6 Å². The number of fused-ring (bicyclic) bond motifs is 10. The van der Waals surface area contributed by atoms with Gasteiger partial charge >= 0.3 is 0 Å². The number of nitrogens with zero attached hydrogens (tertiary/aromatic N) is 6. The van der Waals surface area contributed by atoms with Crippen molar-refractivity contribution in [3.05, 3.63) is 245 Å². The fraction of sp³-hybridized carbons (Fsp3) is 0.0536. The predicted molar refractivity (Wildman–Crippen MR) is 244 cm³/mol. The summed E-state index contributed by atoms with van der Waals surface area (Å²) in [6.07, 6.45) is -0.269. The van der Waals surface area contributed by atoms with Crippen LogP contribution in [0.25, 0.3) is 56.4 Å². The lowest BCUT2D eigenvalue weighted by atomic mass is 9.70. The summed E-state index contributed by atoms with van der Waals surface area (Å²) in [6.45, 7) is 0. The fourth-order valence-corrected chi connectivity index (χ4v) is 9.52. The molecule has 2 heterocycles. The first-order valence-corrected chi connectivity index (χ1v) is 20.7. The van der Waals surface area contributed by atoms with Crippen molar-refractivity contribution in [2.45, 2.75) is 11.6 Å². The average molecular weight is 791 g/mol. The van der Waals surface area contributed by atoms with Crippen molar-refractivity contribution in [3.8, 4) is 56.4 Å². The number of hydrogen-bond donors (Lipinski definition) is 0. The summed E-state index contributed by atoms with van der Waals surface area (Å²) >= 11 is 0. The quantitative estimate of drug-likeness (QED) is 0.168. The van der Waals surface area contributed by atoms with E-state index in [1.165, 1.54) is 22.3 Å². The molecule has 0 radical (unpaired) electrons. The molecule has 0 N–H and O–H groups in total. The molecule has 1 unspecified atom stereocenters. The summed E-state index contributed by atoms with van der Waals surface area (Å²) in [5.74, 6) is 3.19. The number of amidine groups is 2. The van der Waals surface area contributed by atoms with Crippen LogP contribution >= 0.6 is 0 Å². The molecule has 1 aliphatic heterocycles. The fourth-order valence-electron chi connectivity index (χ4n) is 9.52. The zero-order valence-corrected chi connectivity index (χ0v) is 33.6. The molecule has 1 aromatic heterocycles. The highest BCUT2D eigenvalue weighted by molar-refractivity contribution is 6.13. The summed E-state index contributed by atoms with van der Waals surface area (Å²) < 4.78 is 0. The van der Waals surface area contributed by atoms with Gasteiger partial charge in [0.25, 0.3) is 0 Å². The molecule has 12 rings (SSSR count). The van der Waals surface area contributed by atoms with Gasteiger partial charge < -0.3 is 4.90 Å². The van der Waals surface area contributed by atoms with Gasteiger partial charge in [-0.15, -0.1) is 0 Å². The van der Waals surface area contributed by atoms with E-state index in [1.54, 1.807) is 0 Å². The van der Waals surface area contributed by atoms with Crippen molar-refractivity contribution in [1.29, 1.82) is 0 Å². The van der Waals surface area contributed by atoms with E-state index in [1.807, 2.05) is 60.7 Å². The highest BCUT2D eigenvalue weighted by Crippen LogP contribution is 2.62. The van der Waals surface area contributed by atoms with E-state index in [4.69, 9.17) is 24.9 Å². The number of aromatic nitrogens is 3. The Morgan fingerprint density at radius 1 is 0.500 bits per heavy atom. The first-order valence-electron chi connectivity index (χ1n) is 20.7. The SMILES string of the molecule is CN1C(c2ccccc2)=NC(c2ccc3c(c2)C2(c4cc(-c5nc(-c6cc#ccc6)nc(-c6ccccc6)n5)c#cc4-3)c3ccccc3-c3ccccc32)=NC1c1ccccc1. The Bertz CT molecular complexity index is 3150.